The van der Waals surface area contributed by atoms with Crippen LogP contribution in [0.5, 0.6) is 0 Å². The Morgan fingerprint density at radius 2 is 1.82 bits per heavy atom. The van der Waals surface area contributed by atoms with Gasteiger partial charge >= 0.3 is 11.9 Å². The van der Waals surface area contributed by atoms with Gasteiger partial charge in [-0.15, -0.1) is 0 Å². The van der Waals surface area contributed by atoms with E-state index in [9.17, 15) is 14.7 Å². The molecular formula is C18H26O4. The van der Waals surface area contributed by atoms with Crippen molar-refractivity contribution in [1.82, 2.24) is 0 Å². The number of esters is 1. The Morgan fingerprint density at radius 1 is 1.23 bits per heavy atom. The summed E-state index contributed by atoms with van der Waals surface area (Å²) in [6, 6.07) is 3.43. The molecule has 0 spiro atoms. The fraction of sp³-hybridized carbons (Fsp3) is 0.556. The lowest BCUT2D eigenvalue weighted by Crippen LogP contribution is -2.22. The van der Waals surface area contributed by atoms with Crippen molar-refractivity contribution in [2.75, 3.05) is 6.61 Å². The summed E-state index contributed by atoms with van der Waals surface area (Å²) in [6.07, 6.45) is 0.613. The third-order valence-electron chi connectivity index (χ3n) is 3.44. The molecule has 1 N–H and O–H groups in total. The summed E-state index contributed by atoms with van der Waals surface area (Å²) in [7, 11) is 0. The number of hydrogen-bond donors (Lipinski definition) is 1. The van der Waals surface area contributed by atoms with E-state index in [4.69, 9.17) is 4.74 Å². The largest absolute Gasteiger partial charge is 0.478 e. The predicted octanol–water partition coefficient (Wildman–Crippen LogP) is 4.06. The maximum absolute atomic E-state index is 12.1. The van der Waals surface area contributed by atoms with Gasteiger partial charge < -0.3 is 9.84 Å². The van der Waals surface area contributed by atoms with E-state index in [1.807, 2.05) is 40.7 Å². The van der Waals surface area contributed by atoms with E-state index in [-0.39, 0.29) is 29.1 Å². The number of aromatic carboxylic acids is 1. The lowest BCUT2D eigenvalue weighted by molar-refractivity contribution is 0.0514. The van der Waals surface area contributed by atoms with Gasteiger partial charge in [0, 0.05) is 0 Å². The summed E-state index contributed by atoms with van der Waals surface area (Å²) in [5.74, 6) is -1.37. The van der Waals surface area contributed by atoms with Gasteiger partial charge in [0.05, 0.1) is 17.7 Å². The zero-order valence-corrected chi connectivity index (χ0v) is 14.3. The highest BCUT2D eigenvalue weighted by atomic mass is 16.5. The quantitative estimate of drug-likeness (QED) is 0.833. The monoisotopic (exact) mass is 306 g/mol. The van der Waals surface area contributed by atoms with E-state index < -0.39 is 11.9 Å². The highest BCUT2D eigenvalue weighted by molar-refractivity contribution is 6.03. The van der Waals surface area contributed by atoms with Gasteiger partial charge in [-0.05, 0) is 41.9 Å². The van der Waals surface area contributed by atoms with Gasteiger partial charge in [-0.3, -0.25) is 0 Å². The van der Waals surface area contributed by atoms with Gasteiger partial charge in [0.25, 0.3) is 0 Å². The fourth-order valence-corrected chi connectivity index (χ4v) is 2.59. The molecule has 1 aromatic rings. The van der Waals surface area contributed by atoms with Crippen LogP contribution in [0, 0.1) is 5.92 Å². The lowest BCUT2D eigenvalue weighted by atomic mass is 9.78. The van der Waals surface area contributed by atoms with Crippen LogP contribution in [0.4, 0.5) is 0 Å². The standard InChI is InChI=1S/C18H26O4/c1-7-22-17(21)12-8-9-14(18(4,5)6)13(10-11(2)3)15(12)16(19)20/h8-9,11H,7,10H2,1-6H3,(H,19,20). The Hall–Kier alpha value is -1.84. The molecule has 0 radical (unpaired) electrons. The number of carboxylic acids is 1. The van der Waals surface area contributed by atoms with Crippen LogP contribution in [0.25, 0.3) is 0 Å². The smallest absolute Gasteiger partial charge is 0.339 e. The summed E-state index contributed by atoms with van der Waals surface area (Å²) >= 11 is 0. The molecule has 0 aliphatic carbocycles. The Morgan fingerprint density at radius 3 is 2.23 bits per heavy atom. The van der Waals surface area contributed by atoms with Crippen molar-refractivity contribution in [2.24, 2.45) is 5.92 Å². The first kappa shape index (κ1) is 18.2. The second-order valence-electron chi connectivity index (χ2n) is 6.89. The summed E-state index contributed by atoms with van der Waals surface area (Å²) in [6.45, 7) is 12.1. The van der Waals surface area contributed by atoms with Gasteiger partial charge in [0.1, 0.15) is 0 Å². The molecule has 0 amide bonds. The number of ether oxygens (including phenoxy) is 1. The van der Waals surface area contributed by atoms with Crippen LogP contribution >= 0.6 is 0 Å². The molecule has 1 rings (SSSR count). The van der Waals surface area contributed by atoms with Crippen LogP contribution in [0.2, 0.25) is 0 Å². The number of rotatable bonds is 5. The summed E-state index contributed by atoms with van der Waals surface area (Å²) in [5, 5.41) is 9.66. The van der Waals surface area contributed by atoms with Crippen LogP contribution < -0.4 is 0 Å². The Labute approximate surface area is 132 Å². The van der Waals surface area contributed by atoms with E-state index >= 15 is 0 Å². The van der Waals surface area contributed by atoms with Crippen LogP contribution in [0.3, 0.4) is 0 Å². The molecule has 0 saturated carbocycles. The average Bonchev–Trinajstić information content (AvgIpc) is 2.35. The molecule has 4 nitrogen and oxygen atoms in total. The highest BCUT2D eigenvalue weighted by Crippen LogP contribution is 2.32. The average molecular weight is 306 g/mol. The van der Waals surface area contributed by atoms with E-state index in [1.54, 1.807) is 13.0 Å². The predicted molar refractivity (Wildman–Crippen MR) is 86.6 cm³/mol. The van der Waals surface area contributed by atoms with E-state index in [0.717, 1.165) is 11.1 Å². The third kappa shape index (κ3) is 4.09. The Balaban J connectivity index is 3.65. The molecule has 4 heteroatoms. The summed E-state index contributed by atoms with van der Waals surface area (Å²) < 4.78 is 5.00. The minimum atomic E-state index is -1.08. The second-order valence-corrected chi connectivity index (χ2v) is 6.89. The molecule has 0 aromatic heterocycles. The zero-order valence-electron chi connectivity index (χ0n) is 14.3. The minimum absolute atomic E-state index is 0.0829. The Kier molecular flexibility index (Phi) is 5.75. The van der Waals surface area contributed by atoms with Gasteiger partial charge in [0.15, 0.2) is 0 Å². The number of carboxylic acid groups (broad SMARTS) is 1. The maximum atomic E-state index is 12.1. The molecule has 0 unspecified atom stereocenters. The lowest BCUT2D eigenvalue weighted by Gasteiger charge is -2.26. The number of carbonyl (C=O) groups excluding carboxylic acids is 1. The molecule has 0 bridgehead atoms. The second kappa shape index (κ2) is 6.95. The molecule has 0 saturated heterocycles. The van der Waals surface area contributed by atoms with Crippen molar-refractivity contribution < 1.29 is 19.4 Å². The molecule has 22 heavy (non-hydrogen) atoms. The summed E-state index contributed by atoms with van der Waals surface area (Å²) in [4.78, 5) is 23.9. The molecule has 0 aliphatic heterocycles. The van der Waals surface area contributed by atoms with Crippen molar-refractivity contribution in [1.29, 1.82) is 0 Å². The molecule has 0 heterocycles. The number of benzene rings is 1. The van der Waals surface area contributed by atoms with Crippen LogP contribution in [-0.2, 0) is 16.6 Å². The van der Waals surface area contributed by atoms with Crippen LogP contribution in [0.1, 0.15) is 73.4 Å². The fourth-order valence-electron chi connectivity index (χ4n) is 2.59. The van der Waals surface area contributed by atoms with Crippen molar-refractivity contribution in [2.45, 2.75) is 53.4 Å². The molecule has 0 aliphatic rings. The minimum Gasteiger partial charge on any atom is -0.478 e. The van der Waals surface area contributed by atoms with E-state index in [2.05, 4.69) is 0 Å². The molecule has 122 valence electrons. The van der Waals surface area contributed by atoms with Crippen molar-refractivity contribution >= 4 is 11.9 Å². The normalized spacial score (nSPS) is 11.6. The molecule has 0 atom stereocenters. The van der Waals surface area contributed by atoms with Crippen molar-refractivity contribution in [3.05, 3.63) is 34.4 Å². The number of hydrogen-bond acceptors (Lipinski definition) is 3. The van der Waals surface area contributed by atoms with Crippen molar-refractivity contribution in [3.63, 3.8) is 0 Å². The van der Waals surface area contributed by atoms with Gasteiger partial charge in [-0.25, -0.2) is 9.59 Å². The first-order chi connectivity index (χ1) is 10.1. The first-order valence-corrected chi connectivity index (χ1v) is 7.66. The van der Waals surface area contributed by atoms with Gasteiger partial charge in [-0.1, -0.05) is 40.7 Å². The number of carbonyl (C=O) groups is 2. The van der Waals surface area contributed by atoms with Crippen LogP contribution in [-0.4, -0.2) is 23.7 Å². The molecule has 1 aromatic carbocycles. The Bertz CT molecular complexity index is 565. The van der Waals surface area contributed by atoms with E-state index in [0.29, 0.717) is 6.42 Å². The molecular weight excluding hydrogens is 280 g/mol. The highest BCUT2D eigenvalue weighted by Gasteiger charge is 2.28. The zero-order chi connectivity index (χ0) is 17.1. The first-order valence-electron chi connectivity index (χ1n) is 7.66. The summed E-state index contributed by atoms with van der Waals surface area (Å²) in [5.41, 5.74) is 1.73. The topological polar surface area (TPSA) is 63.6 Å². The van der Waals surface area contributed by atoms with Crippen LogP contribution in [0.15, 0.2) is 12.1 Å². The third-order valence-corrected chi connectivity index (χ3v) is 3.44. The van der Waals surface area contributed by atoms with Gasteiger partial charge in [-0.2, -0.15) is 0 Å². The van der Waals surface area contributed by atoms with Gasteiger partial charge in [0.2, 0.25) is 0 Å². The van der Waals surface area contributed by atoms with E-state index in [1.165, 1.54) is 0 Å². The maximum Gasteiger partial charge on any atom is 0.339 e. The SMILES string of the molecule is CCOC(=O)c1ccc(C(C)(C)C)c(CC(C)C)c1C(=O)O. The molecule has 0 fully saturated rings. The van der Waals surface area contributed by atoms with Crippen molar-refractivity contribution in [3.8, 4) is 0 Å².